The van der Waals surface area contributed by atoms with Crippen molar-refractivity contribution < 1.29 is 9.13 Å². The lowest BCUT2D eigenvalue weighted by atomic mass is 10.0. The molecule has 10 heavy (non-hydrogen) atoms. The van der Waals surface area contributed by atoms with E-state index in [2.05, 4.69) is 0 Å². The van der Waals surface area contributed by atoms with Gasteiger partial charge in [0.2, 0.25) is 0 Å². The number of methoxy groups -OCH3 is 1. The van der Waals surface area contributed by atoms with Crippen LogP contribution in [0, 0.1) is 0 Å². The van der Waals surface area contributed by atoms with Gasteiger partial charge in [-0.3, -0.25) is 0 Å². The van der Waals surface area contributed by atoms with E-state index in [-0.39, 0.29) is 13.2 Å². The quantitative estimate of drug-likeness (QED) is 0.635. The summed E-state index contributed by atoms with van der Waals surface area (Å²) < 4.78 is 18.0. The third kappa shape index (κ3) is 3.13. The Morgan fingerprint density at radius 3 is 2.50 bits per heavy atom. The van der Waals surface area contributed by atoms with Crippen LogP contribution in [0.5, 0.6) is 0 Å². The van der Waals surface area contributed by atoms with Gasteiger partial charge in [-0.15, -0.1) is 0 Å². The summed E-state index contributed by atoms with van der Waals surface area (Å²) in [6, 6.07) is 0. The Morgan fingerprint density at radius 1 is 1.60 bits per heavy atom. The molecule has 0 aromatic heterocycles. The van der Waals surface area contributed by atoms with Crippen LogP contribution >= 0.6 is 0 Å². The minimum absolute atomic E-state index is 0.0503. The standard InChI is InChI=1S/C7H16FNO/c1-3-4-7(8,5-9)6-10-2/h3-6,9H2,1-2H3. The lowest BCUT2D eigenvalue weighted by molar-refractivity contribution is 0.0403. The van der Waals surface area contributed by atoms with E-state index >= 15 is 0 Å². The molecule has 0 aromatic carbocycles. The van der Waals surface area contributed by atoms with Gasteiger partial charge in [0.05, 0.1) is 6.61 Å². The van der Waals surface area contributed by atoms with Crippen molar-refractivity contribution in [3.8, 4) is 0 Å². The molecule has 0 aliphatic carbocycles. The fourth-order valence-electron chi connectivity index (χ4n) is 0.940. The summed E-state index contributed by atoms with van der Waals surface area (Å²) in [6.07, 6.45) is 1.29. The fourth-order valence-corrected chi connectivity index (χ4v) is 0.940. The van der Waals surface area contributed by atoms with Gasteiger partial charge >= 0.3 is 0 Å². The van der Waals surface area contributed by atoms with Crippen molar-refractivity contribution in [3.63, 3.8) is 0 Å². The second-order valence-electron chi connectivity index (χ2n) is 2.54. The molecular weight excluding hydrogens is 133 g/mol. The van der Waals surface area contributed by atoms with Crippen molar-refractivity contribution in [2.75, 3.05) is 20.3 Å². The lowest BCUT2D eigenvalue weighted by Gasteiger charge is -2.21. The zero-order valence-corrected chi connectivity index (χ0v) is 6.69. The monoisotopic (exact) mass is 149 g/mol. The molecule has 1 atom stereocenters. The molecule has 2 N–H and O–H groups in total. The second kappa shape index (κ2) is 4.63. The maximum Gasteiger partial charge on any atom is 0.146 e. The van der Waals surface area contributed by atoms with Gasteiger partial charge in [0.1, 0.15) is 5.67 Å². The Bertz CT molecular complexity index is 81.7. The predicted molar refractivity (Wildman–Crippen MR) is 39.7 cm³/mol. The second-order valence-corrected chi connectivity index (χ2v) is 2.54. The van der Waals surface area contributed by atoms with Crippen molar-refractivity contribution in [2.45, 2.75) is 25.4 Å². The van der Waals surface area contributed by atoms with Gasteiger partial charge in [0.15, 0.2) is 0 Å². The number of alkyl halides is 1. The first kappa shape index (κ1) is 9.85. The van der Waals surface area contributed by atoms with Gasteiger partial charge in [-0.25, -0.2) is 4.39 Å². The minimum atomic E-state index is -1.30. The summed E-state index contributed by atoms with van der Waals surface area (Å²) in [4.78, 5) is 0. The van der Waals surface area contributed by atoms with Crippen molar-refractivity contribution in [3.05, 3.63) is 0 Å². The fraction of sp³-hybridized carbons (Fsp3) is 1.00. The molecule has 0 radical (unpaired) electrons. The van der Waals surface area contributed by atoms with Crippen LogP contribution in [-0.2, 0) is 4.74 Å². The van der Waals surface area contributed by atoms with Crippen LogP contribution in [0.2, 0.25) is 0 Å². The van der Waals surface area contributed by atoms with Gasteiger partial charge in [-0.05, 0) is 6.42 Å². The molecule has 2 nitrogen and oxygen atoms in total. The molecule has 0 heterocycles. The number of hydrogen-bond donors (Lipinski definition) is 1. The zero-order valence-electron chi connectivity index (χ0n) is 6.69. The number of nitrogens with two attached hydrogens (primary N) is 1. The highest BCUT2D eigenvalue weighted by molar-refractivity contribution is 4.78. The zero-order chi connectivity index (χ0) is 8.04. The van der Waals surface area contributed by atoms with Crippen molar-refractivity contribution >= 4 is 0 Å². The van der Waals surface area contributed by atoms with Crippen LogP contribution in [0.25, 0.3) is 0 Å². The molecule has 0 saturated heterocycles. The van der Waals surface area contributed by atoms with E-state index in [1.54, 1.807) is 0 Å². The molecule has 62 valence electrons. The Kier molecular flexibility index (Phi) is 4.56. The van der Waals surface area contributed by atoms with Gasteiger partial charge < -0.3 is 10.5 Å². The van der Waals surface area contributed by atoms with Crippen LogP contribution < -0.4 is 5.73 Å². The lowest BCUT2D eigenvalue weighted by Crippen LogP contribution is -2.37. The van der Waals surface area contributed by atoms with Crippen LogP contribution in [0.3, 0.4) is 0 Å². The molecule has 0 aliphatic rings. The van der Waals surface area contributed by atoms with Crippen molar-refractivity contribution in [2.24, 2.45) is 5.73 Å². The molecule has 0 rings (SSSR count). The predicted octanol–water partition coefficient (Wildman–Crippen LogP) is 1.10. The molecule has 0 aromatic rings. The van der Waals surface area contributed by atoms with E-state index in [0.29, 0.717) is 6.42 Å². The topological polar surface area (TPSA) is 35.2 Å². The minimum Gasteiger partial charge on any atom is -0.381 e. The maximum atomic E-state index is 13.3. The van der Waals surface area contributed by atoms with Gasteiger partial charge in [-0.2, -0.15) is 0 Å². The summed E-state index contributed by atoms with van der Waals surface area (Å²) >= 11 is 0. The molecule has 0 bridgehead atoms. The highest BCUT2D eigenvalue weighted by Crippen LogP contribution is 2.16. The molecule has 0 saturated carbocycles. The Morgan fingerprint density at radius 2 is 2.20 bits per heavy atom. The summed E-state index contributed by atoms with van der Waals surface area (Å²) in [5, 5.41) is 0. The largest absolute Gasteiger partial charge is 0.381 e. The smallest absolute Gasteiger partial charge is 0.146 e. The van der Waals surface area contributed by atoms with E-state index in [4.69, 9.17) is 10.5 Å². The molecule has 3 heteroatoms. The van der Waals surface area contributed by atoms with E-state index in [0.717, 1.165) is 6.42 Å². The Balaban J connectivity index is 3.69. The van der Waals surface area contributed by atoms with E-state index in [1.165, 1.54) is 7.11 Å². The number of hydrogen-bond acceptors (Lipinski definition) is 2. The van der Waals surface area contributed by atoms with Gasteiger partial charge in [0, 0.05) is 13.7 Å². The normalized spacial score (nSPS) is 16.8. The molecule has 1 unspecified atom stereocenters. The Hall–Kier alpha value is -0.150. The summed E-state index contributed by atoms with van der Waals surface area (Å²) in [7, 11) is 1.49. The van der Waals surface area contributed by atoms with Crippen LogP contribution in [0.4, 0.5) is 4.39 Å². The highest BCUT2D eigenvalue weighted by atomic mass is 19.1. The number of ether oxygens (including phenoxy) is 1. The van der Waals surface area contributed by atoms with Crippen LogP contribution in [0.15, 0.2) is 0 Å². The SMILES string of the molecule is CCCC(F)(CN)COC. The first-order chi connectivity index (χ1) is 4.68. The summed E-state index contributed by atoms with van der Waals surface area (Å²) in [5.74, 6) is 0. The molecule has 0 spiro atoms. The number of rotatable bonds is 5. The molecule has 0 amide bonds. The van der Waals surface area contributed by atoms with Crippen molar-refractivity contribution in [1.29, 1.82) is 0 Å². The average molecular weight is 149 g/mol. The van der Waals surface area contributed by atoms with E-state index in [9.17, 15) is 4.39 Å². The van der Waals surface area contributed by atoms with Gasteiger partial charge in [-0.1, -0.05) is 13.3 Å². The Labute approximate surface area is 61.5 Å². The van der Waals surface area contributed by atoms with E-state index in [1.807, 2.05) is 6.92 Å². The van der Waals surface area contributed by atoms with Gasteiger partial charge in [0.25, 0.3) is 0 Å². The van der Waals surface area contributed by atoms with E-state index < -0.39 is 5.67 Å². The highest BCUT2D eigenvalue weighted by Gasteiger charge is 2.26. The summed E-state index contributed by atoms with van der Waals surface area (Å²) in [6.45, 7) is 2.09. The van der Waals surface area contributed by atoms with Crippen molar-refractivity contribution in [1.82, 2.24) is 0 Å². The number of halogens is 1. The molecule has 0 fully saturated rings. The van der Waals surface area contributed by atoms with Crippen LogP contribution in [-0.4, -0.2) is 25.9 Å². The third-order valence-corrected chi connectivity index (χ3v) is 1.47. The maximum absolute atomic E-state index is 13.3. The first-order valence-corrected chi connectivity index (χ1v) is 3.56. The molecular formula is C7H16FNO. The third-order valence-electron chi connectivity index (χ3n) is 1.47. The average Bonchev–Trinajstić information content (AvgIpc) is 1.89. The van der Waals surface area contributed by atoms with Crippen LogP contribution in [0.1, 0.15) is 19.8 Å². The first-order valence-electron chi connectivity index (χ1n) is 3.56. The summed E-state index contributed by atoms with van der Waals surface area (Å²) in [5.41, 5.74) is 3.92. The molecule has 0 aliphatic heterocycles.